The summed E-state index contributed by atoms with van der Waals surface area (Å²) in [7, 11) is 0. The predicted octanol–water partition coefficient (Wildman–Crippen LogP) is -3.66. The van der Waals surface area contributed by atoms with Crippen LogP contribution >= 0.6 is 0 Å². The van der Waals surface area contributed by atoms with E-state index in [2.05, 4.69) is 88.7 Å². The second-order valence-corrected chi connectivity index (χ2v) is 31.0. The maximum atomic E-state index is 15.7. The van der Waals surface area contributed by atoms with Crippen LogP contribution in [0.2, 0.25) is 0 Å². The number of aliphatic carboxylic acids is 3. The molecule has 666 valence electrons. The number of hydrogen-bond acceptors (Lipinski definition) is 21. The van der Waals surface area contributed by atoms with E-state index in [1.807, 2.05) is 0 Å². The van der Waals surface area contributed by atoms with Gasteiger partial charge < -0.3 is 115 Å². The molecule has 8 rings (SSSR count). The van der Waals surface area contributed by atoms with E-state index in [4.69, 9.17) is 16.9 Å². The highest BCUT2D eigenvalue weighted by molar-refractivity contribution is 6.01. The van der Waals surface area contributed by atoms with Gasteiger partial charge in [0.25, 0.3) is 0 Å². The molecule has 14 amide bonds. The number of guanidine groups is 1. The first-order chi connectivity index (χ1) is 58.7. The van der Waals surface area contributed by atoms with Crippen molar-refractivity contribution in [2.24, 2.45) is 17.4 Å². The summed E-state index contributed by atoms with van der Waals surface area (Å²) in [4.78, 5) is 259. The van der Waals surface area contributed by atoms with Crippen LogP contribution in [0.15, 0.2) is 85.8 Å². The molecule has 23 N–H and O–H groups in total. The predicted molar refractivity (Wildman–Crippen MR) is 438 cm³/mol. The molecule has 3 fully saturated rings. The van der Waals surface area contributed by atoms with Gasteiger partial charge in [-0.15, -0.1) is 0 Å². The number of para-hydroxylation sites is 1. The Kier molecular flexibility index (Phi) is 36.3. The first-order valence-corrected chi connectivity index (χ1v) is 40.9. The molecule has 123 heavy (non-hydrogen) atoms. The molecule has 2 aromatic carbocycles. The van der Waals surface area contributed by atoms with E-state index < -0.39 is 211 Å². The number of aromatic nitrogens is 5. The molecule has 43 nitrogen and oxygen atoms in total. The Balaban J connectivity index is 1.08. The third-order valence-corrected chi connectivity index (χ3v) is 21.2. The number of carboxylic acid groups (broad SMARTS) is 3. The number of carbonyl (C=O) groups is 17. The van der Waals surface area contributed by atoms with Crippen molar-refractivity contribution in [3.63, 3.8) is 0 Å². The van der Waals surface area contributed by atoms with Crippen LogP contribution in [-0.4, -0.2) is 280 Å². The van der Waals surface area contributed by atoms with Crippen LogP contribution in [0, 0.1) is 11.3 Å². The number of H-pyrrole nitrogens is 3. The molecular weight excluding hydrogens is 1600 g/mol. The number of benzene rings is 2. The topological polar surface area (TPSA) is 654 Å². The van der Waals surface area contributed by atoms with Gasteiger partial charge in [0.1, 0.15) is 72.5 Å². The second kappa shape index (κ2) is 47.0. The van der Waals surface area contributed by atoms with Crippen molar-refractivity contribution in [2.45, 2.75) is 215 Å². The number of unbranched alkanes of at least 4 members (excludes halogenated alkanes) is 1. The number of aromatic amines is 3. The van der Waals surface area contributed by atoms with Crippen LogP contribution in [-0.2, 0) is 107 Å². The van der Waals surface area contributed by atoms with Crippen molar-refractivity contribution in [1.82, 2.24) is 103 Å². The van der Waals surface area contributed by atoms with Gasteiger partial charge in [-0.3, -0.25) is 91.8 Å². The van der Waals surface area contributed by atoms with Crippen LogP contribution < -0.4 is 75.3 Å². The van der Waals surface area contributed by atoms with Crippen LogP contribution in [0.4, 0.5) is 0 Å². The summed E-state index contributed by atoms with van der Waals surface area (Å²) in [6, 6.07) is -2.03. The van der Waals surface area contributed by atoms with Crippen molar-refractivity contribution in [2.75, 3.05) is 45.8 Å². The van der Waals surface area contributed by atoms with E-state index in [1.54, 1.807) is 74.6 Å². The first-order valence-electron chi connectivity index (χ1n) is 40.9. The van der Waals surface area contributed by atoms with E-state index in [0.29, 0.717) is 27.7 Å². The number of hydrogen-bond donors (Lipinski definition) is 21. The standard InChI is InChI=1S/C80H111N23O20/c1-44(2)67(68(81)112)100-72(116)52(19-9-10-30-101(40-65(108)109)41-66(110)111)92-71(115)55(25-27-64(106)107)94-75(119)60(36-49-39-85-43-90-49)99-77(121)61-22-13-31-102(61)79(123)62-23-14-32-103(62)78(122)56-21-12-28-86-63(105)26-24-54(91-45(3)104)70(114)98-59(35-48-38-84-42-89-48)76(120)96-57(33-46-15-5-4-6-16-46)73(117)93-53(20-11-29-87-80(82)83)69(113)97-58(74(118)95-56)34-47-37-88-51-18-8-7-17-50(47)51/h4-8,15-18,37-39,42-44,52-62,67,88H,9-14,19-36,40-41H2,1-3H3,(H2,81,112)(H,84,89)(H,85,90)(H,86,105)(H,91,104)(H,92,115)(H,93,117)(H,94,119)(H,95,118)(H,96,120)(H,97,113)(H,98,114)(H,99,121)(H,100,116)(H,106,107)(H,108,109)(H,110,111)(H4,82,83,87). The molecular formula is C80H111N23O20. The maximum Gasteiger partial charge on any atom is 0.317 e. The molecule has 43 heteroatoms. The third kappa shape index (κ3) is 29.8. The Morgan fingerprint density at radius 3 is 1.80 bits per heavy atom. The molecule has 6 heterocycles. The van der Waals surface area contributed by atoms with Gasteiger partial charge in [0.05, 0.1) is 25.7 Å². The van der Waals surface area contributed by atoms with E-state index in [0.717, 1.165) is 11.8 Å². The highest BCUT2D eigenvalue weighted by atomic mass is 16.4. The number of likely N-dealkylation sites (tertiary alicyclic amines) is 2. The zero-order chi connectivity index (χ0) is 89.4. The van der Waals surface area contributed by atoms with Crippen molar-refractivity contribution in [3.05, 3.63) is 108 Å². The lowest BCUT2D eigenvalue weighted by Gasteiger charge is -2.34. The van der Waals surface area contributed by atoms with Gasteiger partial charge in [0.2, 0.25) is 82.7 Å². The summed E-state index contributed by atoms with van der Waals surface area (Å²) in [6.07, 6.45) is 4.19. The van der Waals surface area contributed by atoms with Gasteiger partial charge in [-0.25, -0.2) is 9.97 Å². The SMILES string of the molecule is CC(=O)NC1CCC(=O)NCCCC(C(=O)N2CCCC2C(=O)N2CCCC2C(=O)NC(Cc2cnc[nH]2)C(=O)NC(CCC(=O)O)C(=O)NC(CCCCN(CC(=O)O)CC(=O)O)C(=O)NC(C(N)=O)C(C)C)NC(=O)C(Cc2c[nH]c3ccccc23)NC(=O)C(CCCNC(=N)N)NC(=O)C(Cc2ccccc2)NC(=O)C(Cc2cnc[nH]2)NC1=O. The number of carbonyl (C=O) groups excluding carboxylic acids is 14. The minimum atomic E-state index is -1.75. The van der Waals surface area contributed by atoms with E-state index >= 15 is 24.0 Å². The summed E-state index contributed by atoms with van der Waals surface area (Å²) in [5, 5.41) is 69.2. The average Bonchev–Trinajstić information content (AvgIpc) is 1.66. The van der Waals surface area contributed by atoms with Crippen LogP contribution in [0.1, 0.15) is 140 Å². The summed E-state index contributed by atoms with van der Waals surface area (Å²) in [5.74, 6) is -17.1. The Bertz CT molecular complexity index is 4530. The monoisotopic (exact) mass is 1710 g/mol. The lowest BCUT2D eigenvalue weighted by atomic mass is 10.0. The molecule has 12 atom stereocenters. The highest BCUT2D eigenvalue weighted by Gasteiger charge is 2.46. The number of nitrogens with two attached hydrogens (primary N) is 2. The fraction of sp³-hybridized carbons (Fsp3) is 0.525. The molecule has 3 aliphatic rings. The fourth-order valence-electron chi connectivity index (χ4n) is 15.0. The first kappa shape index (κ1) is 95.1. The number of nitrogens with zero attached hydrogens (tertiary/aromatic N) is 5. The summed E-state index contributed by atoms with van der Waals surface area (Å²) >= 11 is 0. The van der Waals surface area contributed by atoms with Gasteiger partial charge in [0, 0.05) is 113 Å². The minimum Gasteiger partial charge on any atom is -0.481 e. The van der Waals surface area contributed by atoms with Crippen molar-refractivity contribution < 1.29 is 96.8 Å². The number of amides is 14. The van der Waals surface area contributed by atoms with Gasteiger partial charge in [-0.1, -0.05) is 62.4 Å². The number of fused-ring (bicyclic) bond motifs is 1. The molecule has 12 unspecified atom stereocenters. The number of rotatable bonds is 37. The second-order valence-electron chi connectivity index (χ2n) is 31.0. The number of carboxylic acids is 3. The van der Waals surface area contributed by atoms with Crippen LogP contribution in [0.25, 0.3) is 10.9 Å². The lowest BCUT2D eigenvalue weighted by molar-refractivity contribution is -0.148. The van der Waals surface area contributed by atoms with E-state index in [-0.39, 0.29) is 148 Å². The Labute approximate surface area is 707 Å². The van der Waals surface area contributed by atoms with Gasteiger partial charge in [-0.05, 0) is 113 Å². The largest absolute Gasteiger partial charge is 0.481 e. The summed E-state index contributed by atoms with van der Waals surface area (Å²) < 4.78 is 0. The van der Waals surface area contributed by atoms with Crippen LogP contribution in [0.5, 0.6) is 0 Å². The molecule has 0 saturated carbocycles. The van der Waals surface area contributed by atoms with Crippen molar-refractivity contribution in [1.29, 1.82) is 5.41 Å². The quantitative estimate of drug-likeness (QED) is 0.0103. The zero-order valence-corrected chi connectivity index (χ0v) is 68.6. The summed E-state index contributed by atoms with van der Waals surface area (Å²) in [5.41, 5.74) is 13.7. The van der Waals surface area contributed by atoms with E-state index in [1.165, 1.54) is 34.8 Å². The molecule has 0 aliphatic carbocycles. The fourth-order valence-corrected chi connectivity index (χ4v) is 15.0. The summed E-state index contributed by atoms with van der Waals surface area (Å²) in [6.45, 7) is 2.77. The Morgan fingerprint density at radius 2 is 1.17 bits per heavy atom. The molecule has 3 saturated heterocycles. The average molecular weight is 1710 g/mol. The molecule has 5 aromatic rings. The van der Waals surface area contributed by atoms with E-state index in [9.17, 15) is 72.9 Å². The normalized spacial score (nSPS) is 20.7. The molecule has 0 bridgehead atoms. The molecule has 3 aromatic heterocycles. The number of nitrogens with one attached hydrogen (secondary N) is 16. The van der Waals surface area contributed by atoms with Crippen molar-refractivity contribution in [3.8, 4) is 0 Å². The van der Waals surface area contributed by atoms with Gasteiger partial charge in [0.15, 0.2) is 5.96 Å². The third-order valence-electron chi connectivity index (χ3n) is 21.2. The lowest BCUT2D eigenvalue weighted by Crippen LogP contribution is -2.61. The van der Waals surface area contributed by atoms with Gasteiger partial charge in [-0.2, -0.15) is 0 Å². The molecule has 0 spiro atoms. The molecule has 3 aliphatic heterocycles. The smallest absolute Gasteiger partial charge is 0.317 e. The highest BCUT2D eigenvalue weighted by Crippen LogP contribution is 2.28. The minimum absolute atomic E-state index is 0.0276. The Morgan fingerprint density at radius 1 is 0.593 bits per heavy atom. The maximum absolute atomic E-state index is 15.7. The van der Waals surface area contributed by atoms with Crippen molar-refractivity contribution >= 4 is 117 Å². The van der Waals surface area contributed by atoms with Crippen LogP contribution in [0.3, 0.4) is 0 Å². The number of imidazole rings is 2. The zero-order valence-electron chi connectivity index (χ0n) is 68.6. The number of primary amides is 1. The van der Waals surface area contributed by atoms with Gasteiger partial charge >= 0.3 is 17.9 Å². The Hall–Kier alpha value is -13.4. The molecule has 0 radical (unpaired) electrons.